The third-order valence-corrected chi connectivity index (χ3v) is 4.92. The molecule has 0 radical (unpaired) electrons. The van der Waals surface area contributed by atoms with E-state index in [1.165, 1.54) is 17.3 Å². The van der Waals surface area contributed by atoms with E-state index < -0.39 is 0 Å². The van der Waals surface area contributed by atoms with Crippen molar-refractivity contribution >= 4 is 23.4 Å². The first-order valence-corrected chi connectivity index (χ1v) is 9.51. The Bertz CT molecular complexity index is 952. The number of aromatic nitrogens is 4. The summed E-state index contributed by atoms with van der Waals surface area (Å²) in [5.74, 6) is 0.902. The lowest BCUT2D eigenvalue weighted by Crippen LogP contribution is -2.15. The average molecular weight is 379 g/mol. The monoisotopic (exact) mass is 379 g/mol. The topological polar surface area (TPSA) is 72.7 Å². The highest BCUT2D eigenvalue weighted by atomic mass is 32.2. The highest BCUT2D eigenvalue weighted by molar-refractivity contribution is 7.99. The molecule has 0 aliphatic heterocycles. The van der Waals surface area contributed by atoms with Crippen molar-refractivity contribution in [2.75, 3.05) is 11.1 Å². The molecule has 1 aromatic carbocycles. The predicted octanol–water partition coefficient (Wildman–Crippen LogP) is 3.87. The van der Waals surface area contributed by atoms with Crippen molar-refractivity contribution in [3.05, 3.63) is 66.5 Å². The molecule has 0 saturated carbocycles. The van der Waals surface area contributed by atoms with Crippen LogP contribution in [0.1, 0.15) is 11.1 Å². The molecule has 0 unspecified atom stereocenters. The number of rotatable bonds is 7. The fourth-order valence-corrected chi connectivity index (χ4v) is 3.42. The fourth-order valence-electron chi connectivity index (χ4n) is 2.67. The largest absolute Gasteiger partial charge is 0.325 e. The van der Waals surface area contributed by atoms with Gasteiger partial charge >= 0.3 is 0 Å². The minimum Gasteiger partial charge on any atom is -0.325 e. The first-order chi connectivity index (χ1) is 13.1. The molecule has 1 N–H and O–H groups in total. The third kappa shape index (κ3) is 4.62. The van der Waals surface area contributed by atoms with Crippen LogP contribution in [-0.2, 0) is 11.3 Å². The number of aryl methyl sites for hydroxylation is 2. The van der Waals surface area contributed by atoms with Crippen molar-refractivity contribution in [3.63, 3.8) is 0 Å². The van der Waals surface area contributed by atoms with Crippen LogP contribution in [0.15, 0.2) is 60.5 Å². The molecule has 0 spiro atoms. The lowest BCUT2D eigenvalue weighted by Gasteiger charge is -2.10. The number of allylic oxidation sites excluding steroid dienone is 1. The normalized spacial score (nSPS) is 10.6. The number of amides is 1. The van der Waals surface area contributed by atoms with E-state index in [0.717, 1.165) is 22.6 Å². The summed E-state index contributed by atoms with van der Waals surface area (Å²) < 4.78 is 1.94. The molecule has 0 atom stereocenters. The number of thioether (sulfide) groups is 1. The zero-order chi connectivity index (χ0) is 19.2. The maximum Gasteiger partial charge on any atom is 0.234 e. The molecule has 0 saturated heterocycles. The van der Waals surface area contributed by atoms with Gasteiger partial charge in [0, 0.05) is 30.2 Å². The number of carbonyl (C=O) groups is 1. The molecule has 138 valence electrons. The summed E-state index contributed by atoms with van der Waals surface area (Å²) in [5, 5.41) is 12.2. The number of nitrogens with one attached hydrogen (secondary N) is 1. The summed E-state index contributed by atoms with van der Waals surface area (Å²) in [7, 11) is 0. The Hall–Kier alpha value is -2.93. The lowest BCUT2D eigenvalue weighted by atomic mass is 10.1. The van der Waals surface area contributed by atoms with Gasteiger partial charge in [0.15, 0.2) is 11.0 Å². The smallest absolute Gasteiger partial charge is 0.234 e. The zero-order valence-electron chi connectivity index (χ0n) is 15.3. The van der Waals surface area contributed by atoms with Crippen molar-refractivity contribution < 1.29 is 4.79 Å². The number of hydrogen-bond donors (Lipinski definition) is 1. The Morgan fingerprint density at radius 1 is 1.22 bits per heavy atom. The van der Waals surface area contributed by atoms with E-state index in [1.54, 1.807) is 18.5 Å². The molecule has 3 aromatic rings. The summed E-state index contributed by atoms with van der Waals surface area (Å²) in [6.45, 7) is 8.38. The Morgan fingerprint density at radius 3 is 2.70 bits per heavy atom. The quantitative estimate of drug-likeness (QED) is 0.498. The van der Waals surface area contributed by atoms with Crippen LogP contribution in [0.4, 0.5) is 5.69 Å². The average Bonchev–Trinajstić information content (AvgIpc) is 3.06. The highest BCUT2D eigenvalue weighted by Gasteiger charge is 2.15. The van der Waals surface area contributed by atoms with Gasteiger partial charge in [0.1, 0.15) is 0 Å². The third-order valence-electron chi connectivity index (χ3n) is 3.96. The number of benzene rings is 1. The summed E-state index contributed by atoms with van der Waals surface area (Å²) in [6, 6.07) is 9.72. The van der Waals surface area contributed by atoms with Gasteiger partial charge in [-0.1, -0.05) is 35.5 Å². The van der Waals surface area contributed by atoms with Crippen LogP contribution < -0.4 is 5.32 Å². The molecule has 27 heavy (non-hydrogen) atoms. The molecule has 0 aliphatic carbocycles. The minimum absolute atomic E-state index is 0.0782. The number of pyridine rings is 1. The molecular weight excluding hydrogens is 358 g/mol. The lowest BCUT2D eigenvalue weighted by molar-refractivity contribution is -0.113. The van der Waals surface area contributed by atoms with Gasteiger partial charge in [-0.3, -0.25) is 14.3 Å². The molecule has 0 fully saturated rings. The Balaban J connectivity index is 1.71. The summed E-state index contributed by atoms with van der Waals surface area (Å²) in [4.78, 5) is 16.4. The van der Waals surface area contributed by atoms with Gasteiger partial charge in [-0.25, -0.2) is 0 Å². The maximum absolute atomic E-state index is 12.4. The summed E-state index contributed by atoms with van der Waals surface area (Å²) >= 11 is 1.35. The van der Waals surface area contributed by atoms with E-state index in [4.69, 9.17) is 0 Å². The molecule has 6 nitrogen and oxygen atoms in total. The SMILES string of the molecule is C=CCn1c(SCC(=O)Nc2ccc(C)cc2C)nnc1-c1ccncc1. The molecule has 3 rings (SSSR count). The number of carbonyl (C=O) groups excluding carboxylic acids is 1. The van der Waals surface area contributed by atoms with Gasteiger partial charge in [-0.15, -0.1) is 16.8 Å². The summed E-state index contributed by atoms with van der Waals surface area (Å²) in [5.41, 5.74) is 3.96. The molecule has 2 heterocycles. The number of anilines is 1. The van der Waals surface area contributed by atoms with E-state index in [-0.39, 0.29) is 11.7 Å². The molecule has 1 amide bonds. The highest BCUT2D eigenvalue weighted by Crippen LogP contribution is 2.24. The van der Waals surface area contributed by atoms with Crippen molar-refractivity contribution in [1.82, 2.24) is 19.7 Å². The van der Waals surface area contributed by atoms with Gasteiger partial charge in [-0.05, 0) is 37.6 Å². The Labute approximate surface area is 162 Å². The van der Waals surface area contributed by atoms with Gasteiger partial charge in [-0.2, -0.15) is 0 Å². The van der Waals surface area contributed by atoms with Crippen LogP contribution in [0, 0.1) is 13.8 Å². The second-order valence-corrected chi connectivity index (χ2v) is 7.04. The van der Waals surface area contributed by atoms with Gasteiger partial charge < -0.3 is 5.32 Å². The first-order valence-electron chi connectivity index (χ1n) is 8.53. The van der Waals surface area contributed by atoms with Crippen molar-refractivity contribution in [2.24, 2.45) is 0 Å². The number of hydrogen-bond acceptors (Lipinski definition) is 5. The van der Waals surface area contributed by atoms with Gasteiger partial charge in [0.2, 0.25) is 5.91 Å². The first kappa shape index (κ1) is 18.8. The van der Waals surface area contributed by atoms with E-state index in [2.05, 4.69) is 27.1 Å². The van der Waals surface area contributed by atoms with Crippen molar-refractivity contribution in [2.45, 2.75) is 25.5 Å². The predicted molar refractivity (Wildman–Crippen MR) is 109 cm³/mol. The molecule has 7 heteroatoms. The molecular formula is C20H21N5OS. The van der Waals surface area contributed by atoms with E-state index in [0.29, 0.717) is 11.7 Å². The maximum atomic E-state index is 12.4. The molecule has 2 aromatic heterocycles. The van der Waals surface area contributed by atoms with E-state index in [9.17, 15) is 4.79 Å². The Morgan fingerprint density at radius 2 is 2.00 bits per heavy atom. The number of nitrogens with zero attached hydrogens (tertiary/aromatic N) is 4. The van der Waals surface area contributed by atoms with E-state index in [1.807, 2.05) is 48.7 Å². The summed E-state index contributed by atoms with van der Waals surface area (Å²) in [6.07, 6.45) is 5.21. The zero-order valence-corrected chi connectivity index (χ0v) is 16.2. The van der Waals surface area contributed by atoms with Crippen LogP contribution in [-0.4, -0.2) is 31.4 Å². The van der Waals surface area contributed by atoms with Gasteiger partial charge in [0.25, 0.3) is 0 Å². The van der Waals surface area contributed by atoms with Gasteiger partial charge in [0.05, 0.1) is 5.75 Å². The molecule has 0 aliphatic rings. The van der Waals surface area contributed by atoms with Crippen molar-refractivity contribution in [1.29, 1.82) is 0 Å². The van der Waals surface area contributed by atoms with Crippen LogP contribution >= 0.6 is 11.8 Å². The second-order valence-electron chi connectivity index (χ2n) is 6.10. The van der Waals surface area contributed by atoms with Crippen LogP contribution in [0.3, 0.4) is 0 Å². The van der Waals surface area contributed by atoms with Crippen molar-refractivity contribution in [3.8, 4) is 11.4 Å². The van der Waals surface area contributed by atoms with Crippen LogP contribution in [0.25, 0.3) is 11.4 Å². The second kappa shape index (κ2) is 8.64. The molecule has 0 bridgehead atoms. The van der Waals surface area contributed by atoms with Crippen LogP contribution in [0.5, 0.6) is 0 Å². The Kier molecular flexibility index (Phi) is 6.03. The van der Waals surface area contributed by atoms with E-state index >= 15 is 0 Å². The standard InChI is InChI=1S/C20H21N5OS/c1-4-11-25-19(16-7-9-21-10-8-16)23-24-20(25)27-13-18(26)22-17-6-5-14(2)12-15(17)3/h4-10,12H,1,11,13H2,2-3H3,(H,22,26). The van der Waals surface area contributed by atoms with Crippen LogP contribution in [0.2, 0.25) is 0 Å². The minimum atomic E-state index is -0.0782. The fraction of sp³-hybridized carbons (Fsp3) is 0.200.